The van der Waals surface area contributed by atoms with E-state index < -0.39 is 5.76 Å². The van der Waals surface area contributed by atoms with Gasteiger partial charge in [0.1, 0.15) is 0 Å². The summed E-state index contributed by atoms with van der Waals surface area (Å²) in [6.07, 6.45) is 4.09. The van der Waals surface area contributed by atoms with E-state index in [1.54, 1.807) is 18.0 Å². The molecule has 1 fully saturated rings. The summed E-state index contributed by atoms with van der Waals surface area (Å²) in [6, 6.07) is 15.8. The molecule has 3 aromatic rings. The van der Waals surface area contributed by atoms with Gasteiger partial charge in [0.15, 0.2) is 5.58 Å². The van der Waals surface area contributed by atoms with Crippen molar-refractivity contribution in [1.82, 2.24) is 9.47 Å². The van der Waals surface area contributed by atoms with Crippen molar-refractivity contribution in [2.45, 2.75) is 38.8 Å². The maximum Gasteiger partial charge on any atom is 0.419 e. The van der Waals surface area contributed by atoms with Gasteiger partial charge in [0.2, 0.25) is 5.91 Å². The van der Waals surface area contributed by atoms with Crippen LogP contribution < -0.4 is 10.7 Å². The number of oxazole rings is 1. The number of carbonyl (C=O) groups excluding carboxylic acids is 1. The van der Waals surface area contributed by atoms with Crippen LogP contribution in [0.25, 0.3) is 11.1 Å². The number of anilines is 1. The molecule has 1 amide bonds. The van der Waals surface area contributed by atoms with Crippen LogP contribution in [-0.2, 0) is 17.9 Å². The summed E-state index contributed by atoms with van der Waals surface area (Å²) in [6.45, 7) is 3.12. The maximum absolute atomic E-state index is 12.6. The lowest BCUT2D eigenvalue weighted by molar-refractivity contribution is -0.130. The van der Waals surface area contributed by atoms with Gasteiger partial charge in [0.05, 0.1) is 5.52 Å². The standard InChI is InChI=1S/C23H27N3O3/c1-24(17-18-9-11-19(12-10-18)25-14-5-2-6-15-25)22(27)13-16-26-20-7-3-4-8-21(20)29-23(26)28/h3-4,7-12H,2,5-6,13-17H2,1H3. The van der Waals surface area contributed by atoms with Gasteiger partial charge in [-0.2, -0.15) is 0 Å². The van der Waals surface area contributed by atoms with Gasteiger partial charge in [-0.1, -0.05) is 24.3 Å². The Kier molecular flexibility index (Phi) is 5.69. The highest BCUT2D eigenvalue weighted by Crippen LogP contribution is 2.20. The topological polar surface area (TPSA) is 58.7 Å². The zero-order valence-electron chi connectivity index (χ0n) is 16.8. The van der Waals surface area contributed by atoms with Gasteiger partial charge in [-0.3, -0.25) is 9.36 Å². The third-order valence-electron chi connectivity index (χ3n) is 5.63. The van der Waals surface area contributed by atoms with E-state index in [1.807, 2.05) is 18.2 Å². The maximum atomic E-state index is 12.6. The third kappa shape index (κ3) is 4.36. The fourth-order valence-electron chi connectivity index (χ4n) is 3.95. The van der Waals surface area contributed by atoms with Gasteiger partial charge in [-0.05, 0) is 49.1 Å². The first-order chi connectivity index (χ1) is 14.1. The van der Waals surface area contributed by atoms with Gasteiger partial charge in [-0.25, -0.2) is 4.79 Å². The number of fused-ring (bicyclic) bond motifs is 1. The molecule has 0 radical (unpaired) electrons. The van der Waals surface area contributed by atoms with E-state index in [0.717, 1.165) is 24.2 Å². The summed E-state index contributed by atoms with van der Waals surface area (Å²) in [7, 11) is 1.80. The van der Waals surface area contributed by atoms with Crippen molar-refractivity contribution in [3.63, 3.8) is 0 Å². The van der Waals surface area contributed by atoms with Crippen molar-refractivity contribution >= 4 is 22.7 Å². The number of benzene rings is 2. The van der Waals surface area contributed by atoms with Gasteiger partial charge in [0, 0.05) is 45.3 Å². The smallest absolute Gasteiger partial charge is 0.408 e. The fraction of sp³-hybridized carbons (Fsp3) is 0.391. The lowest BCUT2D eigenvalue weighted by Gasteiger charge is -2.29. The Morgan fingerprint density at radius 1 is 1.03 bits per heavy atom. The highest BCUT2D eigenvalue weighted by atomic mass is 16.4. The number of nitrogens with zero attached hydrogens (tertiary/aromatic N) is 3. The average molecular weight is 393 g/mol. The van der Waals surface area contributed by atoms with Crippen molar-refractivity contribution in [2.24, 2.45) is 0 Å². The average Bonchev–Trinajstić information content (AvgIpc) is 3.08. The molecule has 1 aliphatic rings. The minimum Gasteiger partial charge on any atom is -0.408 e. The number of rotatable bonds is 6. The molecule has 4 rings (SSSR count). The van der Waals surface area contributed by atoms with Gasteiger partial charge in [0.25, 0.3) is 0 Å². The molecule has 0 bridgehead atoms. The highest BCUT2D eigenvalue weighted by molar-refractivity contribution is 5.76. The van der Waals surface area contributed by atoms with E-state index in [0.29, 0.717) is 18.7 Å². The number of hydrogen-bond donors (Lipinski definition) is 0. The number of para-hydroxylation sites is 2. The van der Waals surface area contributed by atoms with Gasteiger partial charge < -0.3 is 14.2 Å². The molecule has 29 heavy (non-hydrogen) atoms. The number of piperidine rings is 1. The summed E-state index contributed by atoms with van der Waals surface area (Å²) in [4.78, 5) is 28.8. The van der Waals surface area contributed by atoms with Crippen LogP contribution in [0.3, 0.4) is 0 Å². The SMILES string of the molecule is CN(Cc1ccc(N2CCCCC2)cc1)C(=O)CCn1c(=O)oc2ccccc21. The van der Waals surface area contributed by atoms with E-state index in [2.05, 4.69) is 29.2 Å². The van der Waals surface area contributed by atoms with Crippen molar-refractivity contribution in [1.29, 1.82) is 0 Å². The molecule has 0 N–H and O–H groups in total. The molecule has 6 heteroatoms. The summed E-state index contributed by atoms with van der Waals surface area (Å²) in [5.74, 6) is -0.419. The van der Waals surface area contributed by atoms with Crippen LogP contribution in [0.5, 0.6) is 0 Å². The van der Waals surface area contributed by atoms with Gasteiger partial charge >= 0.3 is 5.76 Å². The second kappa shape index (κ2) is 8.55. The van der Waals surface area contributed by atoms with Crippen LogP contribution in [0, 0.1) is 0 Å². The Labute approximate surface area is 170 Å². The summed E-state index contributed by atoms with van der Waals surface area (Å²) >= 11 is 0. The summed E-state index contributed by atoms with van der Waals surface area (Å²) in [5, 5.41) is 0. The molecule has 2 aromatic carbocycles. The van der Waals surface area contributed by atoms with Crippen LogP contribution in [0.2, 0.25) is 0 Å². The summed E-state index contributed by atoms with van der Waals surface area (Å²) in [5.41, 5.74) is 3.63. The molecule has 1 aliphatic heterocycles. The van der Waals surface area contributed by atoms with E-state index in [4.69, 9.17) is 4.42 Å². The van der Waals surface area contributed by atoms with Crippen LogP contribution in [0.15, 0.2) is 57.7 Å². The van der Waals surface area contributed by atoms with Crippen molar-refractivity contribution in [3.8, 4) is 0 Å². The molecule has 0 unspecified atom stereocenters. The molecule has 1 aromatic heterocycles. The first-order valence-corrected chi connectivity index (χ1v) is 10.3. The predicted molar refractivity (Wildman–Crippen MR) is 114 cm³/mol. The molecular weight excluding hydrogens is 366 g/mol. The molecule has 0 spiro atoms. The third-order valence-corrected chi connectivity index (χ3v) is 5.63. The number of carbonyl (C=O) groups is 1. The molecule has 1 saturated heterocycles. The summed E-state index contributed by atoms with van der Waals surface area (Å²) < 4.78 is 6.75. The Morgan fingerprint density at radius 2 is 1.76 bits per heavy atom. The quantitative estimate of drug-likeness (QED) is 0.642. The first-order valence-electron chi connectivity index (χ1n) is 10.3. The molecular formula is C23H27N3O3. The minimum absolute atomic E-state index is 0.00212. The Morgan fingerprint density at radius 3 is 2.52 bits per heavy atom. The monoisotopic (exact) mass is 393 g/mol. The molecule has 6 nitrogen and oxygen atoms in total. The van der Waals surface area contributed by atoms with Crippen molar-refractivity contribution in [3.05, 3.63) is 64.6 Å². The lowest BCUT2D eigenvalue weighted by Crippen LogP contribution is -2.29. The number of amides is 1. The van der Waals surface area contributed by atoms with Crippen LogP contribution in [-0.4, -0.2) is 35.5 Å². The second-order valence-corrected chi connectivity index (χ2v) is 7.70. The highest BCUT2D eigenvalue weighted by Gasteiger charge is 2.14. The van der Waals surface area contributed by atoms with Crippen LogP contribution in [0.1, 0.15) is 31.2 Å². The lowest BCUT2D eigenvalue weighted by atomic mass is 10.1. The van der Waals surface area contributed by atoms with E-state index in [9.17, 15) is 9.59 Å². The Bertz CT molecular complexity index is 1030. The fourth-order valence-corrected chi connectivity index (χ4v) is 3.95. The van der Waals surface area contributed by atoms with Crippen molar-refractivity contribution < 1.29 is 9.21 Å². The molecule has 0 atom stereocenters. The normalized spacial score (nSPS) is 14.3. The molecule has 0 saturated carbocycles. The van der Waals surface area contributed by atoms with Crippen LogP contribution in [0.4, 0.5) is 5.69 Å². The Hall–Kier alpha value is -3.02. The molecule has 0 aliphatic carbocycles. The van der Waals surface area contributed by atoms with E-state index in [1.165, 1.54) is 29.5 Å². The van der Waals surface area contributed by atoms with E-state index >= 15 is 0 Å². The second-order valence-electron chi connectivity index (χ2n) is 7.70. The molecule has 152 valence electrons. The van der Waals surface area contributed by atoms with Crippen LogP contribution >= 0.6 is 0 Å². The molecule has 2 heterocycles. The Balaban J connectivity index is 1.34. The minimum atomic E-state index is -0.421. The zero-order valence-corrected chi connectivity index (χ0v) is 16.8. The predicted octanol–water partition coefficient (Wildman–Crippen LogP) is 3.63. The van der Waals surface area contributed by atoms with Crippen molar-refractivity contribution in [2.75, 3.05) is 25.0 Å². The zero-order chi connectivity index (χ0) is 20.2. The van der Waals surface area contributed by atoms with E-state index in [-0.39, 0.29) is 12.3 Å². The number of hydrogen-bond acceptors (Lipinski definition) is 4. The number of aryl methyl sites for hydroxylation is 1. The largest absolute Gasteiger partial charge is 0.419 e. The first kappa shape index (κ1) is 19.3. The number of aromatic nitrogens is 1. The van der Waals surface area contributed by atoms with Gasteiger partial charge in [-0.15, -0.1) is 0 Å².